The highest BCUT2D eigenvalue weighted by Gasteiger charge is 2.34. The van der Waals surface area contributed by atoms with Crippen LogP contribution in [0.4, 0.5) is 10.5 Å². The smallest absolute Gasteiger partial charge is 0.295 e. The highest BCUT2D eigenvalue weighted by atomic mass is 32.2. The van der Waals surface area contributed by atoms with Crippen molar-refractivity contribution in [3.05, 3.63) is 64.1 Å². The zero-order chi connectivity index (χ0) is 18.7. The summed E-state index contributed by atoms with van der Waals surface area (Å²) in [5, 5.41) is 2.87. The maximum Gasteiger partial charge on any atom is 0.295 e. The van der Waals surface area contributed by atoms with E-state index in [4.69, 9.17) is 4.74 Å². The van der Waals surface area contributed by atoms with Gasteiger partial charge < -0.3 is 10.1 Å². The van der Waals surface area contributed by atoms with E-state index < -0.39 is 0 Å². The molecule has 2 aromatic carbocycles. The van der Waals surface area contributed by atoms with Crippen LogP contribution in [0, 0.1) is 13.8 Å². The fourth-order valence-electron chi connectivity index (χ4n) is 2.51. The van der Waals surface area contributed by atoms with Gasteiger partial charge in [-0.2, -0.15) is 0 Å². The topological polar surface area (TPSA) is 58.6 Å². The molecule has 0 spiro atoms. The van der Waals surface area contributed by atoms with E-state index in [2.05, 4.69) is 5.32 Å². The maximum atomic E-state index is 12.5. The van der Waals surface area contributed by atoms with Crippen molar-refractivity contribution in [3.8, 4) is 5.75 Å². The molecule has 3 rings (SSSR count). The Bertz CT molecular complexity index is 875. The van der Waals surface area contributed by atoms with Crippen molar-refractivity contribution in [2.45, 2.75) is 13.8 Å². The van der Waals surface area contributed by atoms with E-state index in [-0.39, 0.29) is 17.8 Å². The fraction of sp³-hybridized carbons (Fsp3) is 0.200. The lowest BCUT2D eigenvalue weighted by molar-refractivity contribution is -0.122. The summed E-state index contributed by atoms with van der Waals surface area (Å²) in [7, 11) is 1.60. The molecule has 0 radical (unpaired) electrons. The van der Waals surface area contributed by atoms with Crippen molar-refractivity contribution in [2.75, 3.05) is 19.1 Å². The van der Waals surface area contributed by atoms with E-state index in [1.165, 1.54) is 10.5 Å². The number of nitrogens with one attached hydrogen (secondary N) is 1. The number of nitrogens with zero attached hydrogens (tertiary/aromatic N) is 1. The maximum absolute atomic E-state index is 12.5. The van der Waals surface area contributed by atoms with Gasteiger partial charge in [-0.1, -0.05) is 18.2 Å². The summed E-state index contributed by atoms with van der Waals surface area (Å²) in [6.07, 6.45) is 1.72. The molecule has 0 aromatic heterocycles. The number of carbonyl (C=O) groups is 2. The van der Waals surface area contributed by atoms with Crippen LogP contribution in [0.2, 0.25) is 0 Å². The number of imide groups is 1. The number of thioether (sulfide) groups is 1. The summed E-state index contributed by atoms with van der Waals surface area (Å²) in [6, 6.07) is 13.3. The van der Waals surface area contributed by atoms with Crippen molar-refractivity contribution >= 4 is 34.7 Å². The van der Waals surface area contributed by atoms with E-state index >= 15 is 0 Å². The number of methoxy groups -OCH3 is 1. The molecule has 0 atom stereocenters. The van der Waals surface area contributed by atoms with Gasteiger partial charge in [0.15, 0.2) is 0 Å². The van der Waals surface area contributed by atoms with E-state index in [0.717, 1.165) is 34.3 Å². The van der Waals surface area contributed by atoms with Gasteiger partial charge in [-0.05, 0) is 72.6 Å². The van der Waals surface area contributed by atoms with Crippen LogP contribution in [-0.2, 0) is 4.79 Å². The highest BCUT2D eigenvalue weighted by Crippen LogP contribution is 2.32. The molecular weight excluding hydrogens is 348 g/mol. The van der Waals surface area contributed by atoms with Crippen molar-refractivity contribution in [2.24, 2.45) is 0 Å². The molecule has 0 bridgehead atoms. The number of aryl methyl sites for hydroxylation is 2. The lowest BCUT2D eigenvalue weighted by Gasteiger charge is -2.15. The van der Waals surface area contributed by atoms with E-state index in [1.54, 1.807) is 13.2 Å². The molecule has 0 saturated carbocycles. The predicted octanol–water partition coefficient (Wildman–Crippen LogP) is 4.42. The van der Waals surface area contributed by atoms with Crippen molar-refractivity contribution in [3.63, 3.8) is 0 Å². The van der Waals surface area contributed by atoms with Gasteiger partial charge in [0.1, 0.15) is 5.75 Å². The van der Waals surface area contributed by atoms with E-state index in [1.807, 2.05) is 56.3 Å². The number of hydrogen-bond donors (Lipinski definition) is 1. The molecule has 0 unspecified atom stereocenters. The molecule has 1 aliphatic heterocycles. The van der Waals surface area contributed by atoms with Gasteiger partial charge in [-0.3, -0.25) is 14.5 Å². The second-order valence-electron chi connectivity index (χ2n) is 6.02. The molecule has 1 N–H and O–H groups in total. The summed E-state index contributed by atoms with van der Waals surface area (Å²) in [5.74, 6) is 0.458. The molecule has 2 aromatic rings. The SMILES string of the molecule is COc1ccc(/C=C2/SC(=O)N(CNc3ccc(C)c(C)c3)C2=O)cc1. The quantitative estimate of drug-likeness (QED) is 0.792. The Morgan fingerprint density at radius 2 is 1.81 bits per heavy atom. The number of rotatable bonds is 5. The summed E-state index contributed by atoms with van der Waals surface area (Å²) in [5.41, 5.74) is 4.08. The number of anilines is 1. The van der Waals surface area contributed by atoms with Crippen molar-refractivity contribution in [1.29, 1.82) is 0 Å². The third kappa shape index (κ3) is 3.91. The largest absolute Gasteiger partial charge is 0.497 e. The fourth-order valence-corrected chi connectivity index (χ4v) is 3.35. The third-order valence-corrected chi connectivity index (χ3v) is 5.14. The Hall–Kier alpha value is -2.73. The first-order chi connectivity index (χ1) is 12.5. The number of carbonyl (C=O) groups excluding carboxylic acids is 2. The average Bonchev–Trinajstić information content (AvgIpc) is 2.90. The van der Waals surface area contributed by atoms with Gasteiger partial charge in [-0.15, -0.1) is 0 Å². The van der Waals surface area contributed by atoms with Crippen molar-refractivity contribution in [1.82, 2.24) is 4.90 Å². The molecule has 1 saturated heterocycles. The minimum absolute atomic E-state index is 0.146. The minimum Gasteiger partial charge on any atom is -0.497 e. The normalized spacial score (nSPS) is 15.7. The minimum atomic E-state index is -0.285. The van der Waals surface area contributed by atoms with Crippen LogP contribution in [0.1, 0.15) is 16.7 Å². The number of hydrogen-bond acceptors (Lipinski definition) is 5. The van der Waals surface area contributed by atoms with Crippen LogP contribution in [0.3, 0.4) is 0 Å². The van der Waals surface area contributed by atoms with Crippen LogP contribution in [-0.4, -0.2) is 29.8 Å². The summed E-state index contributed by atoms with van der Waals surface area (Å²) < 4.78 is 5.12. The average molecular weight is 368 g/mol. The van der Waals surface area contributed by atoms with Crippen LogP contribution >= 0.6 is 11.8 Å². The summed E-state index contributed by atoms with van der Waals surface area (Å²) in [6.45, 7) is 4.21. The van der Waals surface area contributed by atoms with Crippen LogP contribution in [0.15, 0.2) is 47.4 Å². The first kappa shape index (κ1) is 18.1. The molecular formula is C20H20N2O3S. The molecule has 0 aliphatic carbocycles. The zero-order valence-corrected chi connectivity index (χ0v) is 15.7. The lowest BCUT2D eigenvalue weighted by Crippen LogP contribution is -2.33. The Morgan fingerprint density at radius 3 is 2.46 bits per heavy atom. The molecule has 1 heterocycles. The Kier molecular flexibility index (Phi) is 5.32. The predicted molar refractivity (Wildman–Crippen MR) is 105 cm³/mol. The van der Waals surface area contributed by atoms with E-state index in [0.29, 0.717) is 4.91 Å². The summed E-state index contributed by atoms with van der Waals surface area (Å²) >= 11 is 0.955. The first-order valence-electron chi connectivity index (χ1n) is 8.18. The Labute approximate surface area is 157 Å². The van der Waals surface area contributed by atoms with Gasteiger partial charge in [0.2, 0.25) is 0 Å². The molecule has 5 nitrogen and oxygen atoms in total. The Morgan fingerprint density at radius 1 is 1.08 bits per heavy atom. The molecule has 26 heavy (non-hydrogen) atoms. The molecule has 6 heteroatoms. The lowest BCUT2D eigenvalue weighted by atomic mass is 10.1. The molecule has 2 amide bonds. The number of benzene rings is 2. The first-order valence-corrected chi connectivity index (χ1v) is 9.00. The van der Waals surface area contributed by atoms with Gasteiger partial charge in [0.25, 0.3) is 11.1 Å². The monoisotopic (exact) mass is 368 g/mol. The highest BCUT2D eigenvalue weighted by molar-refractivity contribution is 8.18. The summed E-state index contributed by atoms with van der Waals surface area (Å²) in [4.78, 5) is 26.4. The molecule has 1 aliphatic rings. The second-order valence-corrected chi connectivity index (χ2v) is 7.01. The zero-order valence-electron chi connectivity index (χ0n) is 14.9. The third-order valence-electron chi connectivity index (χ3n) is 4.24. The molecule has 1 fully saturated rings. The second kappa shape index (κ2) is 7.66. The molecule has 134 valence electrons. The van der Waals surface area contributed by atoms with Crippen LogP contribution < -0.4 is 10.1 Å². The van der Waals surface area contributed by atoms with Gasteiger partial charge in [-0.25, -0.2) is 0 Å². The van der Waals surface area contributed by atoms with Gasteiger partial charge >= 0.3 is 0 Å². The number of amides is 2. The van der Waals surface area contributed by atoms with Crippen LogP contribution in [0.5, 0.6) is 5.75 Å². The van der Waals surface area contributed by atoms with Gasteiger partial charge in [0.05, 0.1) is 18.7 Å². The standard InChI is InChI=1S/C20H20N2O3S/c1-13-4-7-16(10-14(13)2)21-12-22-19(23)18(26-20(22)24)11-15-5-8-17(25-3)9-6-15/h4-11,21H,12H2,1-3H3/b18-11+. The van der Waals surface area contributed by atoms with E-state index in [9.17, 15) is 9.59 Å². The number of ether oxygens (including phenoxy) is 1. The van der Waals surface area contributed by atoms with Gasteiger partial charge in [0, 0.05) is 5.69 Å². The van der Waals surface area contributed by atoms with Crippen molar-refractivity contribution < 1.29 is 14.3 Å². The van der Waals surface area contributed by atoms with Crippen LogP contribution in [0.25, 0.3) is 6.08 Å². The Balaban J connectivity index is 1.69.